The first kappa shape index (κ1) is 18.1. The van der Waals surface area contributed by atoms with E-state index >= 15 is 0 Å². The third-order valence-electron chi connectivity index (χ3n) is 3.71. The molecule has 0 atom stereocenters. The minimum Gasteiger partial charge on any atom is -0.493 e. The molecule has 0 amide bonds. The molecule has 0 aliphatic heterocycles. The number of aliphatic hydroxyl groups excluding tert-OH is 1. The van der Waals surface area contributed by atoms with Gasteiger partial charge in [0.05, 0.1) is 18.9 Å². The summed E-state index contributed by atoms with van der Waals surface area (Å²) in [6.07, 6.45) is 3.58. The summed E-state index contributed by atoms with van der Waals surface area (Å²) in [7, 11) is 0. The number of ether oxygens (including phenoxy) is 1. The Morgan fingerprint density at radius 1 is 1.35 bits per heavy atom. The number of fused-ring (bicyclic) bond motifs is 1. The maximum Gasteiger partial charge on any atom is 0.368 e. The van der Waals surface area contributed by atoms with E-state index in [4.69, 9.17) is 4.74 Å². The molecular formula is C16H17N5O4S. The normalized spacial score (nSPS) is 11.0. The van der Waals surface area contributed by atoms with Crippen LogP contribution in [0.5, 0.6) is 5.75 Å². The molecule has 0 saturated carbocycles. The number of aromatic nitrogens is 4. The molecule has 3 rings (SSSR count). The van der Waals surface area contributed by atoms with Crippen LogP contribution in [0.2, 0.25) is 0 Å². The molecule has 136 valence electrons. The quantitative estimate of drug-likeness (QED) is 0.276. The Bertz CT molecular complexity index is 930. The molecular weight excluding hydrogens is 358 g/mol. The highest BCUT2D eigenvalue weighted by Gasteiger charge is 2.16. The van der Waals surface area contributed by atoms with Crippen molar-refractivity contribution in [3.63, 3.8) is 0 Å². The van der Waals surface area contributed by atoms with Crippen molar-refractivity contribution in [3.05, 3.63) is 52.0 Å². The third-order valence-corrected chi connectivity index (χ3v) is 4.72. The Kier molecular flexibility index (Phi) is 5.64. The maximum atomic E-state index is 11.0. The molecule has 0 unspecified atom stereocenters. The first-order valence-electron chi connectivity index (χ1n) is 7.90. The van der Waals surface area contributed by atoms with E-state index in [0.29, 0.717) is 28.7 Å². The van der Waals surface area contributed by atoms with E-state index in [0.717, 1.165) is 17.7 Å². The number of pyridine rings is 1. The molecule has 0 fully saturated rings. The molecule has 1 N–H and O–H groups in total. The van der Waals surface area contributed by atoms with Gasteiger partial charge in [0.1, 0.15) is 17.0 Å². The van der Waals surface area contributed by atoms with E-state index in [9.17, 15) is 15.2 Å². The zero-order valence-corrected chi connectivity index (χ0v) is 14.8. The van der Waals surface area contributed by atoms with Crippen molar-refractivity contribution in [3.8, 4) is 5.75 Å². The second kappa shape index (κ2) is 8.11. The zero-order valence-electron chi connectivity index (χ0n) is 14.0. The van der Waals surface area contributed by atoms with Crippen LogP contribution in [-0.4, -0.2) is 42.0 Å². The maximum absolute atomic E-state index is 11.0. The molecule has 0 bridgehead atoms. The molecule has 0 spiro atoms. The van der Waals surface area contributed by atoms with Gasteiger partial charge < -0.3 is 20.0 Å². The van der Waals surface area contributed by atoms with Crippen LogP contribution in [0.1, 0.15) is 17.7 Å². The molecule has 10 heteroatoms. The Labute approximate surface area is 153 Å². The minimum absolute atomic E-state index is 0.118. The minimum atomic E-state index is -0.507. The summed E-state index contributed by atoms with van der Waals surface area (Å²) in [5.41, 5.74) is 1.88. The number of aliphatic hydroxyl groups is 1. The monoisotopic (exact) mass is 375 g/mol. The van der Waals surface area contributed by atoms with Crippen molar-refractivity contribution < 1.29 is 14.8 Å². The molecule has 0 aromatic carbocycles. The Hall–Kier alpha value is -2.72. The van der Waals surface area contributed by atoms with Gasteiger partial charge in [-0.05, 0) is 30.4 Å². The Balaban J connectivity index is 1.53. The predicted octanol–water partition coefficient (Wildman–Crippen LogP) is 2.39. The Morgan fingerprint density at radius 3 is 2.96 bits per heavy atom. The van der Waals surface area contributed by atoms with Crippen LogP contribution in [0.4, 0.5) is 5.82 Å². The van der Waals surface area contributed by atoms with Gasteiger partial charge in [-0.3, -0.25) is 4.98 Å². The predicted molar refractivity (Wildman–Crippen MR) is 95.4 cm³/mol. The van der Waals surface area contributed by atoms with Crippen LogP contribution in [0.25, 0.3) is 5.65 Å². The van der Waals surface area contributed by atoms with E-state index in [-0.39, 0.29) is 12.4 Å². The molecule has 0 radical (unpaired) electrons. The highest BCUT2D eigenvalue weighted by Crippen LogP contribution is 2.21. The van der Waals surface area contributed by atoms with Crippen LogP contribution >= 0.6 is 11.8 Å². The topological polar surface area (TPSA) is 116 Å². The van der Waals surface area contributed by atoms with Gasteiger partial charge in [-0.2, -0.15) is 0 Å². The fourth-order valence-corrected chi connectivity index (χ4v) is 3.11. The van der Waals surface area contributed by atoms with E-state index in [1.165, 1.54) is 22.5 Å². The first-order valence-corrected chi connectivity index (χ1v) is 8.89. The SMILES string of the molecule is Cc1c(OCCCSc2ccc3ncc([N+](=O)[O-])n3n2)ccnc1CO. The number of rotatable bonds is 8. The molecule has 0 saturated heterocycles. The van der Waals surface area contributed by atoms with Gasteiger partial charge in [-0.25, -0.2) is 4.98 Å². The molecule has 9 nitrogen and oxygen atoms in total. The molecule has 0 aliphatic carbocycles. The molecule has 3 aromatic rings. The zero-order chi connectivity index (χ0) is 18.5. The molecule has 3 aromatic heterocycles. The average molecular weight is 375 g/mol. The van der Waals surface area contributed by atoms with Gasteiger partial charge in [0.2, 0.25) is 5.65 Å². The lowest BCUT2D eigenvalue weighted by atomic mass is 10.2. The van der Waals surface area contributed by atoms with Crippen LogP contribution in [0.15, 0.2) is 35.6 Å². The summed E-state index contributed by atoms with van der Waals surface area (Å²) in [5, 5.41) is 25.1. The van der Waals surface area contributed by atoms with E-state index in [2.05, 4.69) is 15.1 Å². The molecule has 0 aliphatic rings. The summed E-state index contributed by atoms with van der Waals surface area (Å²) >= 11 is 1.49. The van der Waals surface area contributed by atoms with Crippen molar-refractivity contribution in [2.75, 3.05) is 12.4 Å². The summed E-state index contributed by atoms with van der Waals surface area (Å²) in [5.74, 6) is 1.30. The lowest BCUT2D eigenvalue weighted by Gasteiger charge is -2.10. The number of nitrogens with zero attached hydrogens (tertiary/aromatic N) is 5. The van der Waals surface area contributed by atoms with E-state index in [1.54, 1.807) is 24.4 Å². The lowest BCUT2D eigenvalue weighted by molar-refractivity contribution is -0.391. The van der Waals surface area contributed by atoms with Gasteiger partial charge >= 0.3 is 5.82 Å². The molecule has 3 heterocycles. The smallest absolute Gasteiger partial charge is 0.368 e. The standard InChI is InChI=1S/C16H17N5O4S/c1-11-12(10-22)17-6-5-13(11)25-7-2-8-26-15-4-3-14-18-9-16(21(23)24)20(14)19-15/h3-6,9,22H,2,7-8,10H2,1H3. The summed E-state index contributed by atoms with van der Waals surface area (Å²) < 4.78 is 6.97. The van der Waals surface area contributed by atoms with Crippen molar-refractivity contribution in [1.82, 2.24) is 19.6 Å². The first-order chi connectivity index (χ1) is 12.6. The summed E-state index contributed by atoms with van der Waals surface area (Å²) in [6.45, 7) is 2.25. The number of hydrogen-bond donors (Lipinski definition) is 1. The lowest BCUT2D eigenvalue weighted by Crippen LogP contribution is -2.03. The number of nitro groups is 1. The fraction of sp³-hybridized carbons (Fsp3) is 0.312. The van der Waals surface area contributed by atoms with Gasteiger partial charge in [0.25, 0.3) is 0 Å². The highest BCUT2D eigenvalue weighted by atomic mass is 32.2. The van der Waals surface area contributed by atoms with Crippen molar-refractivity contribution in [1.29, 1.82) is 0 Å². The van der Waals surface area contributed by atoms with Crippen molar-refractivity contribution in [2.24, 2.45) is 0 Å². The van der Waals surface area contributed by atoms with E-state index in [1.807, 2.05) is 6.92 Å². The van der Waals surface area contributed by atoms with Gasteiger partial charge in [0.15, 0.2) is 0 Å². The largest absolute Gasteiger partial charge is 0.493 e. The van der Waals surface area contributed by atoms with Crippen molar-refractivity contribution >= 4 is 23.2 Å². The van der Waals surface area contributed by atoms with Crippen LogP contribution in [0.3, 0.4) is 0 Å². The number of imidazole rings is 1. The van der Waals surface area contributed by atoms with Crippen molar-refractivity contribution in [2.45, 2.75) is 25.0 Å². The number of thioether (sulfide) groups is 1. The van der Waals surface area contributed by atoms with E-state index < -0.39 is 4.92 Å². The summed E-state index contributed by atoms with van der Waals surface area (Å²) in [4.78, 5) is 18.5. The fourth-order valence-electron chi connectivity index (χ4n) is 2.34. The number of hydrogen-bond acceptors (Lipinski definition) is 8. The average Bonchev–Trinajstić information content (AvgIpc) is 3.06. The van der Waals surface area contributed by atoms with Crippen LogP contribution in [-0.2, 0) is 6.61 Å². The van der Waals surface area contributed by atoms with Gasteiger partial charge in [-0.1, -0.05) is 9.61 Å². The van der Waals surface area contributed by atoms with Crippen LogP contribution < -0.4 is 4.74 Å². The molecule has 26 heavy (non-hydrogen) atoms. The van der Waals surface area contributed by atoms with Crippen LogP contribution in [0, 0.1) is 17.0 Å². The third kappa shape index (κ3) is 3.92. The highest BCUT2D eigenvalue weighted by molar-refractivity contribution is 7.99. The second-order valence-corrected chi connectivity index (χ2v) is 6.52. The van der Waals surface area contributed by atoms with Gasteiger partial charge in [-0.15, -0.1) is 11.8 Å². The second-order valence-electron chi connectivity index (χ2n) is 5.40. The summed E-state index contributed by atoms with van der Waals surface area (Å²) in [6, 6.07) is 5.27. The van der Waals surface area contributed by atoms with Gasteiger partial charge in [0, 0.05) is 23.6 Å². The Morgan fingerprint density at radius 2 is 2.19 bits per heavy atom.